The van der Waals surface area contributed by atoms with Gasteiger partial charge in [-0.05, 0) is 13.8 Å². The number of esters is 2. The van der Waals surface area contributed by atoms with Gasteiger partial charge in [-0.2, -0.15) is 0 Å². The SMILES string of the molecule is CCOC(=O)CNc1nc(CC(=O)OCC)cs1. The number of aromatic nitrogens is 1. The molecule has 0 radical (unpaired) electrons. The Morgan fingerprint density at radius 3 is 2.61 bits per heavy atom. The first-order chi connectivity index (χ1) is 8.65. The smallest absolute Gasteiger partial charge is 0.325 e. The van der Waals surface area contributed by atoms with E-state index in [4.69, 9.17) is 9.47 Å². The summed E-state index contributed by atoms with van der Waals surface area (Å²) in [6.45, 7) is 4.29. The summed E-state index contributed by atoms with van der Waals surface area (Å²) in [7, 11) is 0. The predicted molar refractivity (Wildman–Crippen MR) is 67.6 cm³/mol. The molecule has 0 saturated heterocycles. The minimum Gasteiger partial charge on any atom is -0.466 e. The summed E-state index contributed by atoms with van der Waals surface area (Å²) < 4.78 is 9.58. The third kappa shape index (κ3) is 5.13. The van der Waals surface area contributed by atoms with Gasteiger partial charge in [0.2, 0.25) is 0 Å². The van der Waals surface area contributed by atoms with Crippen molar-refractivity contribution in [1.82, 2.24) is 4.98 Å². The van der Waals surface area contributed by atoms with Gasteiger partial charge >= 0.3 is 11.9 Å². The summed E-state index contributed by atoms with van der Waals surface area (Å²) in [5.74, 6) is -0.639. The fraction of sp³-hybridized carbons (Fsp3) is 0.545. The van der Waals surface area contributed by atoms with Crippen molar-refractivity contribution in [3.63, 3.8) is 0 Å². The van der Waals surface area contributed by atoms with Gasteiger partial charge < -0.3 is 14.8 Å². The van der Waals surface area contributed by atoms with E-state index in [2.05, 4.69) is 10.3 Å². The average molecular weight is 272 g/mol. The van der Waals surface area contributed by atoms with E-state index < -0.39 is 0 Å². The molecule has 1 N–H and O–H groups in total. The molecule has 0 saturated carbocycles. The quantitative estimate of drug-likeness (QED) is 0.752. The number of ether oxygens (including phenoxy) is 2. The minimum atomic E-state index is -0.334. The first-order valence-corrected chi connectivity index (χ1v) is 6.53. The second kappa shape index (κ2) is 7.65. The molecule has 0 aromatic carbocycles. The lowest BCUT2D eigenvalue weighted by Gasteiger charge is -2.02. The second-order valence-corrected chi connectivity index (χ2v) is 4.14. The minimum absolute atomic E-state index is 0.0696. The number of rotatable bonds is 7. The number of hydrogen-bond donors (Lipinski definition) is 1. The zero-order valence-corrected chi connectivity index (χ0v) is 11.2. The van der Waals surface area contributed by atoms with Crippen LogP contribution in [0, 0.1) is 0 Å². The van der Waals surface area contributed by atoms with Crippen molar-refractivity contribution in [3.8, 4) is 0 Å². The molecule has 0 fully saturated rings. The lowest BCUT2D eigenvalue weighted by Crippen LogP contribution is -2.16. The van der Waals surface area contributed by atoms with E-state index in [1.807, 2.05) is 0 Å². The third-order valence-corrected chi connectivity index (χ3v) is 2.72. The van der Waals surface area contributed by atoms with Gasteiger partial charge in [0.05, 0.1) is 25.3 Å². The molecule has 7 heteroatoms. The molecular formula is C11H16N2O4S. The monoisotopic (exact) mass is 272 g/mol. The number of carbonyl (C=O) groups is 2. The van der Waals surface area contributed by atoms with E-state index in [0.717, 1.165) is 0 Å². The van der Waals surface area contributed by atoms with Gasteiger partial charge in [-0.15, -0.1) is 11.3 Å². The highest BCUT2D eigenvalue weighted by Crippen LogP contribution is 2.15. The topological polar surface area (TPSA) is 77.5 Å². The van der Waals surface area contributed by atoms with Crippen LogP contribution in [0.1, 0.15) is 19.5 Å². The maximum absolute atomic E-state index is 11.2. The Morgan fingerprint density at radius 1 is 1.28 bits per heavy atom. The molecule has 0 bridgehead atoms. The van der Waals surface area contributed by atoms with Gasteiger partial charge in [0.1, 0.15) is 6.54 Å². The van der Waals surface area contributed by atoms with Crippen LogP contribution in [0.2, 0.25) is 0 Å². The van der Waals surface area contributed by atoms with Crippen LogP contribution in [0.25, 0.3) is 0 Å². The molecule has 0 aliphatic carbocycles. The number of thiazole rings is 1. The Labute approximate surface area is 109 Å². The summed E-state index contributed by atoms with van der Waals surface area (Å²) in [4.78, 5) is 26.5. The Hall–Kier alpha value is -1.63. The van der Waals surface area contributed by atoms with E-state index >= 15 is 0 Å². The standard InChI is InChI=1S/C11H16N2O4S/c1-3-16-9(14)5-8-7-18-11(13-8)12-6-10(15)17-4-2/h7H,3-6H2,1-2H3,(H,12,13). The Bertz CT molecular complexity index is 406. The second-order valence-electron chi connectivity index (χ2n) is 3.28. The lowest BCUT2D eigenvalue weighted by atomic mass is 10.3. The van der Waals surface area contributed by atoms with E-state index in [1.54, 1.807) is 19.2 Å². The van der Waals surface area contributed by atoms with Crippen LogP contribution >= 0.6 is 11.3 Å². The van der Waals surface area contributed by atoms with Gasteiger partial charge in [-0.1, -0.05) is 0 Å². The van der Waals surface area contributed by atoms with Crippen LogP contribution in [0.15, 0.2) is 5.38 Å². The molecule has 0 aliphatic heterocycles. The molecular weight excluding hydrogens is 256 g/mol. The van der Waals surface area contributed by atoms with Crippen molar-refractivity contribution in [1.29, 1.82) is 0 Å². The van der Waals surface area contributed by atoms with E-state index in [1.165, 1.54) is 11.3 Å². The molecule has 100 valence electrons. The maximum atomic E-state index is 11.2. The molecule has 0 aliphatic rings. The van der Waals surface area contributed by atoms with Gasteiger partial charge in [0.25, 0.3) is 0 Å². The van der Waals surface area contributed by atoms with Crippen molar-refractivity contribution in [2.24, 2.45) is 0 Å². The van der Waals surface area contributed by atoms with E-state index in [-0.39, 0.29) is 24.9 Å². The summed E-state index contributed by atoms with van der Waals surface area (Å²) in [5, 5.41) is 5.18. The van der Waals surface area contributed by atoms with Crippen LogP contribution in [0.5, 0.6) is 0 Å². The van der Waals surface area contributed by atoms with Crippen molar-refractivity contribution in [2.45, 2.75) is 20.3 Å². The zero-order valence-electron chi connectivity index (χ0n) is 10.4. The number of carbonyl (C=O) groups excluding carboxylic acids is 2. The number of hydrogen-bond acceptors (Lipinski definition) is 7. The number of nitrogens with zero attached hydrogens (tertiary/aromatic N) is 1. The summed E-state index contributed by atoms with van der Waals surface area (Å²) in [6.07, 6.45) is 0.144. The number of anilines is 1. The van der Waals surface area contributed by atoms with Crippen molar-refractivity contribution in [2.75, 3.05) is 25.1 Å². The third-order valence-electron chi connectivity index (χ3n) is 1.87. The molecule has 0 atom stereocenters. The molecule has 0 unspecified atom stereocenters. The Balaban J connectivity index is 2.38. The molecule has 0 spiro atoms. The molecule has 6 nitrogen and oxygen atoms in total. The molecule has 18 heavy (non-hydrogen) atoms. The van der Waals surface area contributed by atoms with Crippen molar-refractivity contribution >= 4 is 28.4 Å². The van der Waals surface area contributed by atoms with E-state index in [0.29, 0.717) is 24.0 Å². The normalized spacial score (nSPS) is 9.89. The molecule has 1 aromatic rings. The van der Waals surface area contributed by atoms with Gasteiger partial charge in [0.15, 0.2) is 5.13 Å². The van der Waals surface area contributed by atoms with Crippen molar-refractivity contribution < 1.29 is 19.1 Å². The zero-order chi connectivity index (χ0) is 13.4. The fourth-order valence-corrected chi connectivity index (χ4v) is 1.90. The van der Waals surface area contributed by atoms with Gasteiger partial charge in [0, 0.05) is 5.38 Å². The van der Waals surface area contributed by atoms with Crippen LogP contribution < -0.4 is 5.32 Å². The number of nitrogens with one attached hydrogen (secondary N) is 1. The Morgan fingerprint density at radius 2 is 1.94 bits per heavy atom. The molecule has 1 rings (SSSR count). The lowest BCUT2D eigenvalue weighted by molar-refractivity contribution is -0.142. The summed E-state index contributed by atoms with van der Waals surface area (Å²) in [6, 6.07) is 0. The highest BCUT2D eigenvalue weighted by molar-refractivity contribution is 7.13. The largest absolute Gasteiger partial charge is 0.466 e. The summed E-state index contributed by atoms with van der Waals surface area (Å²) >= 11 is 1.33. The predicted octanol–water partition coefficient (Wildman–Crippen LogP) is 1.22. The van der Waals surface area contributed by atoms with Crippen LogP contribution in [0.4, 0.5) is 5.13 Å². The van der Waals surface area contributed by atoms with Gasteiger partial charge in [-0.3, -0.25) is 9.59 Å². The first-order valence-electron chi connectivity index (χ1n) is 5.65. The molecule has 1 aromatic heterocycles. The van der Waals surface area contributed by atoms with Gasteiger partial charge in [-0.25, -0.2) is 4.98 Å². The fourth-order valence-electron chi connectivity index (χ4n) is 1.19. The highest BCUT2D eigenvalue weighted by Gasteiger charge is 2.09. The Kier molecular flexibility index (Phi) is 6.13. The summed E-state index contributed by atoms with van der Waals surface area (Å²) in [5.41, 5.74) is 0.629. The highest BCUT2D eigenvalue weighted by atomic mass is 32.1. The first kappa shape index (κ1) is 14.4. The molecule has 0 amide bonds. The van der Waals surface area contributed by atoms with Crippen molar-refractivity contribution in [3.05, 3.63) is 11.1 Å². The maximum Gasteiger partial charge on any atom is 0.325 e. The van der Waals surface area contributed by atoms with Crippen LogP contribution in [0.3, 0.4) is 0 Å². The van der Waals surface area contributed by atoms with E-state index in [9.17, 15) is 9.59 Å². The van der Waals surface area contributed by atoms with Crippen LogP contribution in [-0.2, 0) is 25.5 Å². The van der Waals surface area contributed by atoms with Crippen LogP contribution in [-0.4, -0.2) is 36.7 Å². The molecule has 1 heterocycles. The average Bonchev–Trinajstić information content (AvgIpc) is 2.75.